The molecule has 186 valence electrons. The summed E-state index contributed by atoms with van der Waals surface area (Å²) in [7, 11) is 0. The van der Waals surface area contributed by atoms with Crippen LogP contribution in [0.25, 0.3) is 77.8 Å². The largest absolute Gasteiger partial charge is 0.293 e. The number of rotatable bonds is 2. The maximum Gasteiger partial charge on any atom is 0.131 e. The van der Waals surface area contributed by atoms with Crippen LogP contribution in [0.4, 0.5) is 0 Å². The number of para-hydroxylation sites is 2. The van der Waals surface area contributed by atoms with E-state index >= 15 is 0 Å². The Labute approximate surface area is 232 Å². The van der Waals surface area contributed by atoms with Gasteiger partial charge in [-0.3, -0.25) is 8.97 Å². The van der Waals surface area contributed by atoms with Gasteiger partial charge in [0.05, 0.1) is 22.2 Å². The standard InChI is InChI=1S/C38H24N2/c1-3-11-25(12-4-1)27-19-21-30-32(23-27)29-15-7-9-17-33(29)40-36-24-28(26-13-5-2-6-14-26)20-22-35(36)39-34-18-10-8-16-31(34)37(30)38(39)40/h1-24H. The molecule has 2 aromatic heterocycles. The highest BCUT2D eigenvalue weighted by atomic mass is 15.1. The molecule has 0 atom stereocenters. The average Bonchev–Trinajstić information content (AvgIpc) is 3.49. The third-order valence-electron chi connectivity index (χ3n) is 8.46. The number of aromatic nitrogens is 2. The molecule has 0 spiro atoms. The first-order valence-electron chi connectivity index (χ1n) is 13.8. The molecule has 0 aliphatic carbocycles. The van der Waals surface area contributed by atoms with E-state index in [1.165, 1.54) is 77.8 Å². The van der Waals surface area contributed by atoms with E-state index in [4.69, 9.17) is 0 Å². The Morgan fingerprint density at radius 1 is 0.375 bits per heavy atom. The summed E-state index contributed by atoms with van der Waals surface area (Å²) in [6, 6.07) is 53.0. The van der Waals surface area contributed by atoms with Crippen LogP contribution < -0.4 is 0 Å². The number of nitrogens with zero attached hydrogens (tertiary/aromatic N) is 2. The zero-order valence-corrected chi connectivity index (χ0v) is 21.8. The summed E-state index contributed by atoms with van der Waals surface area (Å²) in [5.41, 5.74) is 16.1. The lowest BCUT2D eigenvalue weighted by atomic mass is 9.91. The molecule has 0 saturated carbocycles. The Balaban J connectivity index is 1.46. The van der Waals surface area contributed by atoms with Crippen molar-refractivity contribution >= 4 is 27.6 Å². The maximum absolute atomic E-state index is 2.49. The molecular weight excluding hydrogens is 484 g/mol. The first-order chi connectivity index (χ1) is 19.9. The van der Waals surface area contributed by atoms with Crippen LogP contribution in [0, 0.1) is 0 Å². The molecule has 0 N–H and O–H groups in total. The van der Waals surface area contributed by atoms with E-state index in [0.29, 0.717) is 0 Å². The summed E-state index contributed by atoms with van der Waals surface area (Å²) >= 11 is 0. The predicted octanol–water partition coefficient (Wildman–Crippen LogP) is 10.0. The van der Waals surface area contributed by atoms with Crippen molar-refractivity contribution in [3.8, 4) is 50.2 Å². The van der Waals surface area contributed by atoms with Gasteiger partial charge >= 0.3 is 0 Å². The minimum absolute atomic E-state index is 1.21. The smallest absolute Gasteiger partial charge is 0.131 e. The van der Waals surface area contributed by atoms with Crippen molar-refractivity contribution in [3.05, 3.63) is 146 Å². The molecule has 40 heavy (non-hydrogen) atoms. The molecule has 8 aromatic rings. The van der Waals surface area contributed by atoms with Crippen LogP contribution >= 0.6 is 0 Å². The van der Waals surface area contributed by atoms with E-state index in [0.717, 1.165) is 0 Å². The molecule has 0 saturated heterocycles. The summed E-state index contributed by atoms with van der Waals surface area (Å²) in [5, 5.41) is 1.28. The van der Waals surface area contributed by atoms with E-state index in [2.05, 4.69) is 155 Å². The Morgan fingerprint density at radius 2 is 1.02 bits per heavy atom. The Hall–Kier alpha value is -5.34. The predicted molar refractivity (Wildman–Crippen MR) is 167 cm³/mol. The fourth-order valence-electron chi connectivity index (χ4n) is 6.70. The summed E-state index contributed by atoms with van der Waals surface area (Å²) in [4.78, 5) is 0. The van der Waals surface area contributed by atoms with Crippen molar-refractivity contribution in [1.29, 1.82) is 0 Å². The third kappa shape index (κ3) is 2.88. The monoisotopic (exact) mass is 508 g/mol. The highest BCUT2D eigenvalue weighted by Crippen LogP contribution is 2.49. The molecule has 1 aliphatic heterocycles. The van der Waals surface area contributed by atoms with Crippen LogP contribution in [-0.2, 0) is 0 Å². The lowest BCUT2D eigenvalue weighted by Gasteiger charge is -2.14. The van der Waals surface area contributed by atoms with Crippen LogP contribution in [0.1, 0.15) is 0 Å². The van der Waals surface area contributed by atoms with Gasteiger partial charge in [0.2, 0.25) is 0 Å². The van der Waals surface area contributed by atoms with Crippen LogP contribution in [0.3, 0.4) is 0 Å². The lowest BCUT2D eigenvalue weighted by molar-refractivity contribution is 1.16. The van der Waals surface area contributed by atoms with Gasteiger partial charge in [0, 0.05) is 16.5 Å². The van der Waals surface area contributed by atoms with E-state index < -0.39 is 0 Å². The molecule has 0 fully saturated rings. The zero-order valence-electron chi connectivity index (χ0n) is 21.8. The van der Waals surface area contributed by atoms with Gasteiger partial charge in [0.25, 0.3) is 0 Å². The van der Waals surface area contributed by atoms with Gasteiger partial charge in [0.1, 0.15) is 5.65 Å². The molecule has 9 rings (SSSR count). The van der Waals surface area contributed by atoms with E-state index in [1.807, 2.05) is 0 Å². The Morgan fingerprint density at radius 3 is 1.82 bits per heavy atom. The topological polar surface area (TPSA) is 9.34 Å². The fourth-order valence-corrected chi connectivity index (χ4v) is 6.70. The number of hydrogen-bond donors (Lipinski definition) is 0. The number of benzene rings is 6. The summed E-state index contributed by atoms with van der Waals surface area (Å²) < 4.78 is 4.96. The van der Waals surface area contributed by atoms with Crippen LogP contribution in [0.2, 0.25) is 0 Å². The van der Waals surface area contributed by atoms with Crippen LogP contribution in [-0.4, -0.2) is 8.97 Å². The molecular formula is C38H24N2. The summed E-state index contributed by atoms with van der Waals surface area (Å²) in [6.07, 6.45) is 0. The van der Waals surface area contributed by atoms with Crippen molar-refractivity contribution < 1.29 is 0 Å². The van der Waals surface area contributed by atoms with E-state index in [9.17, 15) is 0 Å². The summed E-state index contributed by atoms with van der Waals surface area (Å²) in [6.45, 7) is 0. The molecule has 1 aliphatic rings. The van der Waals surface area contributed by atoms with Crippen molar-refractivity contribution in [2.24, 2.45) is 0 Å². The first-order valence-corrected chi connectivity index (χ1v) is 13.8. The normalized spacial score (nSPS) is 12.0. The molecule has 0 unspecified atom stereocenters. The fraction of sp³-hybridized carbons (Fsp3) is 0. The van der Waals surface area contributed by atoms with Crippen molar-refractivity contribution in [2.75, 3.05) is 0 Å². The van der Waals surface area contributed by atoms with Crippen LogP contribution in [0.5, 0.6) is 0 Å². The Kier molecular flexibility index (Phi) is 4.36. The molecule has 3 heterocycles. The van der Waals surface area contributed by atoms with E-state index in [1.54, 1.807) is 0 Å². The second-order valence-corrected chi connectivity index (χ2v) is 10.6. The van der Waals surface area contributed by atoms with Crippen LogP contribution in [0.15, 0.2) is 146 Å². The van der Waals surface area contributed by atoms with Gasteiger partial charge in [-0.15, -0.1) is 0 Å². The quantitative estimate of drug-likeness (QED) is 0.220. The number of fused-ring (bicyclic) bond motifs is 11. The molecule has 2 nitrogen and oxygen atoms in total. The van der Waals surface area contributed by atoms with Gasteiger partial charge in [-0.25, -0.2) is 0 Å². The molecule has 0 amide bonds. The number of imidazole rings is 1. The van der Waals surface area contributed by atoms with Gasteiger partial charge in [-0.2, -0.15) is 0 Å². The first kappa shape index (κ1) is 21.6. The highest BCUT2D eigenvalue weighted by molar-refractivity contribution is 6.14. The molecule has 6 aromatic carbocycles. The minimum Gasteiger partial charge on any atom is -0.293 e. The zero-order chi connectivity index (χ0) is 26.2. The second-order valence-electron chi connectivity index (χ2n) is 10.6. The maximum atomic E-state index is 2.49. The van der Waals surface area contributed by atoms with Gasteiger partial charge in [0.15, 0.2) is 0 Å². The average molecular weight is 509 g/mol. The minimum atomic E-state index is 1.21. The van der Waals surface area contributed by atoms with Crippen molar-refractivity contribution in [2.45, 2.75) is 0 Å². The van der Waals surface area contributed by atoms with Gasteiger partial charge < -0.3 is 0 Å². The van der Waals surface area contributed by atoms with Gasteiger partial charge in [-0.1, -0.05) is 115 Å². The Bertz CT molecular complexity index is 2250. The van der Waals surface area contributed by atoms with E-state index in [-0.39, 0.29) is 0 Å². The third-order valence-corrected chi connectivity index (χ3v) is 8.46. The molecule has 0 radical (unpaired) electrons. The second kappa shape index (κ2) is 8.08. The highest BCUT2D eigenvalue weighted by Gasteiger charge is 2.28. The molecule has 2 heteroatoms. The van der Waals surface area contributed by atoms with Crippen molar-refractivity contribution in [1.82, 2.24) is 8.97 Å². The SMILES string of the molecule is c1ccc(-c2ccc3c(c2)-c2ccccc2-n2c4cc(-c5ccccc5)ccc4n4c5ccccc5c-3c24)cc1. The number of hydrogen-bond acceptors (Lipinski definition) is 0. The lowest BCUT2D eigenvalue weighted by Crippen LogP contribution is -1.95. The molecule has 0 bridgehead atoms. The van der Waals surface area contributed by atoms with Gasteiger partial charge in [-0.05, 0) is 63.7 Å². The summed E-state index contributed by atoms with van der Waals surface area (Å²) in [5.74, 6) is 0. The van der Waals surface area contributed by atoms with Crippen molar-refractivity contribution in [3.63, 3.8) is 0 Å².